The Morgan fingerprint density at radius 3 is 1.44 bits per heavy atom. The average molecular weight is 339 g/mol. The van der Waals surface area contributed by atoms with Crippen LogP contribution in [0.1, 0.15) is 69.4 Å². The smallest absolute Gasteiger partial charge is 0.115 e. The predicted octanol–water partition coefficient (Wildman–Crippen LogP) is 6.70. The van der Waals surface area contributed by atoms with E-state index in [0.717, 1.165) is 0 Å². The number of phenolic OH excluding ortho intramolecular Hbond substituents is 1. The predicted molar refractivity (Wildman–Crippen MR) is 108 cm³/mol. The molecule has 1 N–H and O–H groups in total. The monoisotopic (exact) mass is 338 g/mol. The molecule has 1 heteroatoms. The van der Waals surface area contributed by atoms with Crippen molar-refractivity contribution in [1.82, 2.24) is 0 Å². The fourth-order valence-electron chi connectivity index (χ4n) is 5.37. The van der Waals surface area contributed by atoms with Gasteiger partial charge < -0.3 is 5.11 Å². The highest BCUT2D eigenvalue weighted by Gasteiger charge is 2.54. The molecule has 0 amide bonds. The van der Waals surface area contributed by atoms with Crippen LogP contribution >= 0.6 is 0 Å². The molecule has 25 heavy (non-hydrogen) atoms. The van der Waals surface area contributed by atoms with Crippen LogP contribution in [0.4, 0.5) is 0 Å². The first-order valence-corrected chi connectivity index (χ1v) is 9.20. The fraction of sp³-hybridized carbons (Fsp3) is 0.500. The molecular formula is C24H34O. The molecule has 2 aromatic carbocycles. The van der Waals surface area contributed by atoms with Crippen molar-refractivity contribution in [2.45, 2.75) is 67.7 Å². The number of benzene rings is 2. The van der Waals surface area contributed by atoms with E-state index in [-0.39, 0.29) is 16.2 Å². The lowest BCUT2D eigenvalue weighted by atomic mass is 9.47. The molecule has 0 radical (unpaired) electrons. The number of aromatic hydroxyl groups is 1. The van der Waals surface area contributed by atoms with Crippen molar-refractivity contribution in [2.24, 2.45) is 10.8 Å². The van der Waals surface area contributed by atoms with Gasteiger partial charge in [0.2, 0.25) is 0 Å². The maximum absolute atomic E-state index is 9.84. The van der Waals surface area contributed by atoms with Gasteiger partial charge in [0, 0.05) is 5.41 Å². The summed E-state index contributed by atoms with van der Waals surface area (Å²) in [6.45, 7) is 20.7. The van der Waals surface area contributed by atoms with Gasteiger partial charge in [-0.05, 0) is 66.0 Å². The van der Waals surface area contributed by atoms with Gasteiger partial charge in [-0.3, -0.25) is 0 Å². The third kappa shape index (κ3) is 3.10. The minimum absolute atomic E-state index is 0.00694. The Labute approximate surface area is 154 Å². The van der Waals surface area contributed by atoms with Gasteiger partial charge in [0.05, 0.1) is 0 Å². The van der Waals surface area contributed by atoms with E-state index >= 15 is 0 Å². The summed E-state index contributed by atoms with van der Waals surface area (Å²) < 4.78 is 0. The minimum Gasteiger partial charge on any atom is -0.508 e. The lowest BCUT2D eigenvalue weighted by Gasteiger charge is -2.56. The fourth-order valence-corrected chi connectivity index (χ4v) is 5.37. The Morgan fingerprint density at radius 2 is 1.08 bits per heavy atom. The number of phenols is 1. The van der Waals surface area contributed by atoms with Gasteiger partial charge in [-0.1, -0.05) is 71.4 Å². The highest BCUT2D eigenvalue weighted by molar-refractivity contribution is 5.53. The van der Waals surface area contributed by atoms with Crippen molar-refractivity contribution in [1.29, 1.82) is 0 Å². The molecule has 0 fully saturated rings. The summed E-state index contributed by atoms with van der Waals surface area (Å²) in [6, 6.07) is 12.4. The molecule has 0 bridgehead atoms. The van der Waals surface area contributed by atoms with Crippen molar-refractivity contribution in [3.8, 4) is 5.75 Å². The topological polar surface area (TPSA) is 20.2 Å². The number of aryl methyl sites for hydroxylation is 3. The second kappa shape index (κ2) is 6.20. The molecule has 0 unspecified atom stereocenters. The van der Waals surface area contributed by atoms with Crippen LogP contribution in [0.5, 0.6) is 5.75 Å². The largest absolute Gasteiger partial charge is 0.508 e. The van der Waals surface area contributed by atoms with Gasteiger partial charge in [-0.25, -0.2) is 0 Å². The lowest BCUT2D eigenvalue weighted by Crippen LogP contribution is -2.52. The Morgan fingerprint density at radius 1 is 0.680 bits per heavy atom. The SMILES string of the molecule is Cc1cc(C)c(C(c2ccc(O)cc2)(C(C)(C)C)C(C)(C)C)c(C)c1. The van der Waals surface area contributed by atoms with Crippen LogP contribution in [-0.4, -0.2) is 5.11 Å². The van der Waals surface area contributed by atoms with Crippen LogP contribution in [0.2, 0.25) is 0 Å². The van der Waals surface area contributed by atoms with Gasteiger partial charge >= 0.3 is 0 Å². The maximum atomic E-state index is 9.84. The van der Waals surface area contributed by atoms with Crippen molar-refractivity contribution in [3.63, 3.8) is 0 Å². The average Bonchev–Trinajstić information content (AvgIpc) is 2.41. The van der Waals surface area contributed by atoms with E-state index < -0.39 is 0 Å². The number of hydrogen-bond acceptors (Lipinski definition) is 1. The van der Waals surface area contributed by atoms with Crippen LogP contribution in [0.25, 0.3) is 0 Å². The zero-order valence-electron chi connectivity index (χ0n) is 17.4. The molecule has 1 nitrogen and oxygen atoms in total. The quantitative estimate of drug-likeness (QED) is 0.646. The Bertz CT molecular complexity index is 715. The maximum Gasteiger partial charge on any atom is 0.115 e. The summed E-state index contributed by atoms with van der Waals surface area (Å²) in [5.41, 5.74) is 6.48. The summed E-state index contributed by atoms with van der Waals surface area (Å²) in [6.07, 6.45) is 0. The second-order valence-electron chi connectivity index (χ2n) is 9.57. The molecule has 0 saturated carbocycles. The molecule has 0 aliphatic heterocycles. The van der Waals surface area contributed by atoms with Crippen molar-refractivity contribution < 1.29 is 5.11 Å². The van der Waals surface area contributed by atoms with Crippen LogP contribution in [0.15, 0.2) is 36.4 Å². The van der Waals surface area contributed by atoms with Crippen LogP contribution in [0.3, 0.4) is 0 Å². The first-order valence-electron chi connectivity index (χ1n) is 9.20. The van der Waals surface area contributed by atoms with E-state index in [1.807, 2.05) is 12.1 Å². The van der Waals surface area contributed by atoms with E-state index in [1.165, 1.54) is 27.8 Å². The molecule has 0 aliphatic carbocycles. The first-order chi connectivity index (χ1) is 11.3. The summed E-state index contributed by atoms with van der Waals surface area (Å²) >= 11 is 0. The summed E-state index contributed by atoms with van der Waals surface area (Å²) in [5, 5.41) is 9.84. The second-order valence-corrected chi connectivity index (χ2v) is 9.57. The van der Waals surface area contributed by atoms with Gasteiger partial charge in [0.15, 0.2) is 0 Å². The van der Waals surface area contributed by atoms with E-state index in [4.69, 9.17) is 0 Å². The molecule has 0 aromatic heterocycles. The van der Waals surface area contributed by atoms with Gasteiger partial charge in [-0.15, -0.1) is 0 Å². The van der Waals surface area contributed by atoms with Gasteiger partial charge in [0.1, 0.15) is 5.75 Å². The molecule has 0 heterocycles. The Balaban J connectivity index is 3.03. The van der Waals surface area contributed by atoms with E-state index in [9.17, 15) is 5.11 Å². The zero-order chi connectivity index (χ0) is 19.2. The van der Waals surface area contributed by atoms with Crippen molar-refractivity contribution in [2.75, 3.05) is 0 Å². The van der Waals surface area contributed by atoms with Crippen LogP contribution in [-0.2, 0) is 5.41 Å². The van der Waals surface area contributed by atoms with Crippen LogP contribution in [0, 0.1) is 31.6 Å². The highest BCUT2D eigenvalue weighted by Crippen LogP contribution is 2.59. The molecule has 0 saturated heterocycles. The molecule has 136 valence electrons. The molecule has 2 aromatic rings. The first kappa shape index (κ1) is 19.6. The minimum atomic E-state index is -0.185. The van der Waals surface area contributed by atoms with E-state index in [2.05, 4.69) is 86.6 Å². The summed E-state index contributed by atoms with van der Waals surface area (Å²) in [5.74, 6) is 0.317. The molecule has 0 aliphatic rings. The number of rotatable bonds is 2. The lowest BCUT2D eigenvalue weighted by molar-refractivity contribution is 0.0893. The normalized spacial score (nSPS) is 13.2. The molecule has 2 rings (SSSR count). The molecular weight excluding hydrogens is 304 g/mol. The Kier molecular flexibility index (Phi) is 4.85. The summed E-state index contributed by atoms with van der Waals surface area (Å²) in [4.78, 5) is 0. The van der Waals surface area contributed by atoms with Gasteiger partial charge in [-0.2, -0.15) is 0 Å². The van der Waals surface area contributed by atoms with Crippen molar-refractivity contribution in [3.05, 3.63) is 64.2 Å². The van der Waals surface area contributed by atoms with Crippen molar-refractivity contribution >= 4 is 0 Å². The standard InChI is InChI=1S/C24H34O/c1-16-14-17(2)21(18(3)15-16)24(22(4,5)6,23(7,8)9)19-10-12-20(25)13-11-19/h10-15,25H,1-9H3. The third-order valence-electron chi connectivity index (χ3n) is 5.60. The third-order valence-corrected chi connectivity index (χ3v) is 5.60. The van der Waals surface area contributed by atoms with Crippen LogP contribution < -0.4 is 0 Å². The highest BCUT2D eigenvalue weighted by atomic mass is 16.3. The summed E-state index contributed by atoms with van der Waals surface area (Å²) in [7, 11) is 0. The molecule has 0 spiro atoms. The molecule has 0 atom stereocenters. The Hall–Kier alpha value is -1.76. The van der Waals surface area contributed by atoms with Gasteiger partial charge in [0.25, 0.3) is 0 Å². The van der Waals surface area contributed by atoms with E-state index in [0.29, 0.717) is 5.75 Å². The number of hydrogen-bond donors (Lipinski definition) is 1. The zero-order valence-corrected chi connectivity index (χ0v) is 17.4. The van der Waals surface area contributed by atoms with E-state index in [1.54, 1.807) is 0 Å².